The Morgan fingerprint density at radius 1 is 1.55 bits per heavy atom. The molecular formula is C8H8FNO. The number of hydrogen-bond donors (Lipinski definition) is 1. The number of halogens is 1. The fraction of sp³-hybridized carbons (Fsp3) is 0.250. The van der Waals surface area contributed by atoms with Crippen molar-refractivity contribution in [3.63, 3.8) is 0 Å². The van der Waals surface area contributed by atoms with Gasteiger partial charge in [0.05, 0.1) is 6.04 Å². The molecule has 58 valence electrons. The lowest BCUT2D eigenvalue weighted by Crippen LogP contribution is -2.12. The molecule has 1 aliphatic rings. The largest absolute Gasteiger partial charge is 0.408 e. The molecule has 1 N–H and O–H groups in total. The van der Waals surface area contributed by atoms with E-state index in [1.54, 1.807) is 6.07 Å². The quantitative estimate of drug-likeness (QED) is 0.613. The van der Waals surface area contributed by atoms with Crippen LogP contribution in [-0.4, -0.2) is 0 Å². The SMILES string of the molecule is CC1NOc2cc(F)ccc21. The average Bonchev–Trinajstić information content (AvgIpc) is 2.32. The predicted molar refractivity (Wildman–Crippen MR) is 38.6 cm³/mol. The molecule has 1 aliphatic heterocycles. The van der Waals surface area contributed by atoms with E-state index in [2.05, 4.69) is 5.48 Å². The maximum atomic E-state index is 12.6. The first-order valence-electron chi connectivity index (χ1n) is 3.49. The highest BCUT2D eigenvalue weighted by Gasteiger charge is 2.19. The molecular weight excluding hydrogens is 145 g/mol. The summed E-state index contributed by atoms with van der Waals surface area (Å²) in [6.07, 6.45) is 0. The van der Waals surface area contributed by atoms with Crippen molar-refractivity contribution in [2.24, 2.45) is 0 Å². The maximum Gasteiger partial charge on any atom is 0.154 e. The van der Waals surface area contributed by atoms with Crippen molar-refractivity contribution in [2.45, 2.75) is 13.0 Å². The number of benzene rings is 1. The summed E-state index contributed by atoms with van der Waals surface area (Å²) in [4.78, 5) is 5.00. The van der Waals surface area contributed by atoms with Gasteiger partial charge in [0.25, 0.3) is 0 Å². The first kappa shape index (κ1) is 6.61. The molecule has 0 aromatic heterocycles. The van der Waals surface area contributed by atoms with E-state index in [-0.39, 0.29) is 11.9 Å². The van der Waals surface area contributed by atoms with Crippen LogP contribution in [0.1, 0.15) is 18.5 Å². The van der Waals surface area contributed by atoms with Gasteiger partial charge in [-0.3, -0.25) is 0 Å². The fourth-order valence-corrected chi connectivity index (χ4v) is 1.17. The third-order valence-corrected chi connectivity index (χ3v) is 1.79. The number of rotatable bonds is 0. The zero-order valence-corrected chi connectivity index (χ0v) is 6.10. The van der Waals surface area contributed by atoms with Crippen LogP contribution in [0.4, 0.5) is 4.39 Å². The summed E-state index contributed by atoms with van der Waals surface area (Å²) in [6.45, 7) is 1.96. The van der Waals surface area contributed by atoms with Gasteiger partial charge < -0.3 is 4.84 Å². The van der Waals surface area contributed by atoms with Gasteiger partial charge in [0.1, 0.15) is 5.82 Å². The van der Waals surface area contributed by atoms with Crippen LogP contribution in [0.25, 0.3) is 0 Å². The lowest BCUT2D eigenvalue weighted by atomic mass is 10.1. The molecule has 3 heteroatoms. The molecule has 0 bridgehead atoms. The van der Waals surface area contributed by atoms with Gasteiger partial charge >= 0.3 is 0 Å². The van der Waals surface area contributed by atoms with E-state index in [9.17, 15) is 4.39 Å². The lowest BCUT2D eigenvalue weighted by Gasteiger charge is -1.97. The summed E-state index contributed by atoms with van der Waals surface area (Å²) in [5, 5.41) is 0. The van der Waals surface area contributed by atoms with Crippen LogP contribution in [0, 0.1) is 5.82 Å². The van der Waals surface area contributed by atoms with E-state index >= 15 is 0 Å². The Morgan fingerprint density at radius 3 is 3.18 bits per heavy atom. The van der Waals surface area contributed by atoms with Gasteiger partial charge in [-0.2, -0.15) is 0 Å². The van der Waals surface area contributed by atoms with Crippen molar-refractivity contribution in [1.82, 2.24) is 5.48 Å². The fourth-order valence-electron chi connectivity index (χ4n) is 1.17. The van der Waals surface area contributed by atoms with E-state index < -0.39 is 0 Å². The Hall–Kier alpha value is -1.09. The average molecular weight is 153 g/mol. The smallest absolute Gasteiger partial charge is 0.154 e. The number of fused-ring (bicyclic) bond motifs is 1. The Kier molecular flexibility index (Phi) is 1.32. The summed E-state index contributed by atoms with van der Waals surface area (Å²) < 4.78 is 12.6. The molecule has 1 aromatic carbocycles. The second-order valence-corrected chi connectivity index (χ2v) is 2.62. The molecule has 2 rings (SSSR count). The zero-order valence-electron chi connectivity index (χ0n) is 6.10. The third kappa shape index (κ3) is 0.973. The highest BCUT2D eigenvalue weighted by molar-refractivity contribution is 5.38. The van der Waals surface area contributed by atoms with Crippen LogP contribution in [0.5, 0.6) is 5.75 Å². The molecule has 1 unspecified atom stereocenters. The summed E-state index contributed by atoms with van der Waals surface area (Å²) in [6, 6.07) is 4.71. The van der Waals surface area contributed by atoms with Gasteiger partial charge in [-0.25, -0.2) is 4.39 Å². The standard InChI is InChI=1S/C8H8FNO/c1-5-7-3-2-6(9)4-8(7)11-10-5/h2-5,10H,1H3. The molecule has 0 radical (unpaired) electrons. The maximum absolute atomic E-state index is 12.6. The second kappa shape index (κ2) is 2.20. The van der Waals surface area contributed by atoms with Gasteiger partial charge in [0, 0.05) is 11.6 Å². The third-order valence-electron chi connectivity index (χ3n) is 1.79. The first-order valence-corrected chi connectivity index (χ1v) is 3.49. The second-order valence-electron chi connectivity index (χ2n) is 2.62. The Bertz CT molecular complexity index is 287. The number of nitrogens with one attached hydrogen (secondary N) is 1. The van der Waals surface area contributed by atoms with Crippen LogP contribution in [0.2, 0.25) is 0 Å². The number of hydrogen-bond acceptors (Lipinski definition) is 2. The summed E-state index contributed by atoms with van der Waals surface area (Å²) in [5.74, 6) is 0.331. The predicted octanol–water partition coefficient (Wildman–Crippen LogP) is 1.78. The molecule has 1 aromatic rings. The van der Waals surface area contributed by atoms with Crippen LogP contribution < -0.4 is 10.3 Å². The van der Waals surface area contributed by atoms with E-state index in [0.29, 0.717) is 5.75 Å². The Labute approximate surface area is 63.9 Å². The van der Waals surface area contributed by atoms with Gasteiger partial charge in [-0.05, 0) is 13.0 Å². The minimum Gasteiger partial charge on any atom is -0.408 e. The Morgan fingerprint density at radius 2 is 2.36 bits per heavy atom. The molecule has 11 heavy (non-hydrogen) atoms. The van der Waals surface area contributed by atoms with Crippen LogP contribution in [0.3, 0.4) is 0 Å². The normalized spacial score (nSPS) is 21.1. The molecule has 2 nitrogen and oxygen atoms in total. The first-order chi connectivity index (χ1) is 5.27. The minimum atomic E-state index is -0.264. The van der Waals surface area contributed by atoms with Gasteiger partial charge in [0.15, 0.2) is 5.75 Å². The Balaban J connectivity index is 2.50. The lowest BCUT2D eigenvalue weighted by molar-refractivity contribution is 0.200. The minimum absolute atomic E-state index is 0.158. The van der Waals surface area contributed by atoms with E-state index in [0.717, 1.165) is 5.56 Å². The summed E-state index contributed by atoms with van der Waals surface area (Å²) in [7, 11) is 0. The molecule has 0 saturated heterocycles. The van der Waals surface area contributed by atoms with Crippen molar-refractivity contribution in [3.8, 4) is 5.75 Å². The van der Waals surface area contributed by atoms with Crippen molar-refractivity contribution in [3.05, 3.63) is 29.6 Å². The molecule has 0 spiro atoms. The highest BCUT2D eigenvalue weighted by atomic mass is 19.1. The van der Waals surface area contributed by atoms with Crippen molar-refractivity contribution >= 4 is 0 Å². The van der Waals surface area contributed by atoms with E-state index in [1.165, 1.54) is 12.1 Å². The molecule has 0 fully saturated rings. The zero-order chi connectivity index (χ0) is 7.84. The van der Waals surface area contributed by atoms with Gasteiger partial charge in [-0.15, -0.1) is 5.48 Å². The molecule has 0 aliphatic carbocycles. The monoisotopic (exact) mass is 153 g/mol. The molecule has 0 amide bonds. The van der Waals surface area contributed by atoms with Crippen LogP contribution >= 0.6 is 0 Å². The molecule has 1 atom stereocenters. The topological polar surface area (TPSA) is 21.3 Å². The molecule has 1 heterocycles. The van der Waals surface area contributed by atoms with Gasteiger partial charge in [-0.1, -0.05) is 6.07 Å². The van der Waals surface area contributed by atoms with Crippen molar-refractivity contribution < 1.29 is 9.23 Å². The van der Waals surface area contributed by atoms with Crippen LogP contribution in [-0.2, 0) is 0 Å². The van der Waals surface area contributed by atoms with E-state index in [4.69, 9.17) is 4.84 Å². The molecule has 0 saturated carbocycles. The van der Waals surface area contributed by atoms with Crippen molar-refractivity contribution in [1.29, 1.82) is 0 Å². The van der Waals surface area contributed by atoms with E-state index in [1.807, 2.05) is 6.92 Å². The van der Waals surface area contributed by atoms with Crippen molar-refractivity contribution in [2.75, 3.05) is 0 Å². The van der Waals surface area contributed by atoms with Gasteiger partial charge in [0.2, 0.25) is 0 Å². The summed E-state index contributed by atoms with van der Waals surface area (Å²) in [5.41, 5.74) is 3.75. The number of hydroxylamine groups is 1. The van der Waals surface area contributed by atoms with Crippen LogP contribution in [0.15, 0.2) is 18.2 Å². The highest BCUT2D eigenvalue weighted by Crippen LogP contribution is 2.30. The summed E-state index contributed by atoms with van der Waals surface area (Å²) >= 11 is 0.